The van der Waals surface area contributed by atoms with Gasteiger partial charge in [0, 0.05) is 25.7 Å². The van der Waals surface area contributed by atoms with Crippen LogP contribution in [0.3, 0.4) is 0 Å². The SMILES string of the molecule is CCCN(Cc1c(Br)c(CC)nn1C)C1CCC(N)CC1. The number of rotatable bonds is 6. The van der Waals surface area contributed by atoms with Gasteiger partial charge in [0.1, 0.15) is 0 Å². The van der Waals surface area contributed by atoms with Gasteiger partial charge in [-0.2, -0.15) is 5.10 Å². The number of aromatic nitrogens is 2. The van der Waals surface area contributed by atoms with E-state index in [2.05, 4.69) is 46.8 Å². The molecule has 0 aliphatic heterocycles. The molecule has 0 unspecified atom stereocenters. The maximum absolute atomic E-state index is 6.05. The van der Waals surface area contributed by atoms with Gasteiger partial charge < -0.3 is 5.73 Å². The molecule has 0 spiro atoms. The first-order chi connectivity index (χ1) is 10.1. The number of nitrogens with zero attached hydrogens (tertiary/aromatic N) is 3. The highest BCUT2D eigenvalue weighted by Gasteiger charge is 2.25. The number of halogens is 1. The molecule has 1 fully saturated rings. The van der Waals surface area contributed by atoms with Crippen molar-refractivity contribution in [3.8, 4) is 0 Å². The van der Waals surface area contributed by atoms with E-state index in [-0.39, 0.29) is 0 Å². The minimum Gasteiger partial charge on any atom is -0.328 e. The van der Waals surface area contributed by atoms with Crippen LogP contribution in [0, 0.1) is 0 Å². The average Bonchev–Trinajstić information content (AvgIpc) is 2.75. The fourth-order valence-corrected chi connectivity index (χ4v) is 4.07. The summed E-state index contributed by atoms with van der Waals surface area (Å²) in [5, 5.41) is 4.62. The average molecular weight is 357 g/mol. The molecule has 2 N–H and O–H groups in total. The molecule has 0 aromatic carbocycles. The van der Waals surface area contributed by atoms with Crippen molar-refractivity contribution in [2.24, 2.45) is 12.8 Å². The molecule has 1 heterocycles. The van der Waals surface area contributed by atoms with Gasteiger partial charge in [-0.05, 0) is 61.0 Å². The van der Waals surface area contributed by atoms with E-state index < -0.39 is 0 Å². The summed E-state index contributed by atoms with van der Waals surface area (Å²) in [5.41, 5.74) is 8.52. The normalized spacial score (nSPS) is 23.0. The van der Waals surface area contributed by atoms with Crippen molar-refractivity contribution in [3.05, 3.63) is 15.9 Å². The fourth-order valence-electron chi connectivity index (χ4n) is 3.33. The van der Waals surface area contributed by atoms with Crippen molar-refractivity contribution in [1.82, 2.24) is 14.7 Å². The van der Waals surface area contributed by atoms with E-state index in [1.165, 1.54) is 29.4 Å². The van der Waals surface area contributed by atoms with Crippen molar-refractivity contribution >= 4 is 15.9 Å². The highest BCUT2D eigenvalue weighted by atomic mass is 79.9. The van der Waals surface area contributed by atoms with Crippen molar-refractivity contribution in [2.45, 2.75) is 71.0 Å². The second kappa shape index (κ2) is 7.75. The summed E-state index contributed by atoms with van der Waals surface area (Å²) in [4.78, 5) is 2.63. The largest absolute Gasteiger partial charge is 0.328 e. The van der Waals surface area contributed by atoms with Crippen LogP contribution in [0.25, 0.3) is 0 Å². The van der Waals surface area contributed by atoms with Gasteiger partial charge in [-0.3, -0.25) is 9.58 Å². The minimum absolute atomic E-state index is 0.417. The van der Waals surface area contributed by atoms with Crippen LogP contribution in [0.1, 0.15) is 57.3 Å². The maximum Gasteiger partial charge on any atom is 0.0767 e. The molecule has 0 amide bonds. The lowest BCUT2D eigenvalue weighted by atomic mass is 9.90. The molecule has 0 radical (unpaired) electrons. The molecule has 1 aromatic rings. The van der Waals surface area contributed by atoms with Crippen LogP contribution < -0.4 is 5.73 Å². The van der Waals surface area contributed by atoms with Crippen molar-refractivity contribution in [1.29, 1.82) is 0 Å². The van der Waals surface area contributed by atoms with Crippen LogP contribution in [0.4, 0.5) is 0 Å². The van der Waals surface area contributed by atoms with Crippen LogP contribution in [0.5, 0.6) is 0 Å². The summed E-state index contributed by atoms with van der Waals surface area (Å²) in [7, 11) is 2.06. The Bertz CT molecular complexity index is 449. The molecule has 120 valence electrons. The van der Waals surface area contributed by atoms with Crippen molar-refractivity contribution in [2.75, 3.05) is 6.54 Å². The van der Waals surface area contributed by atoms with Gasteiger partial charge in [-0.15, -0.1) is 0 Å². The predicted octanol–water partition coefficient (Wildman–Crippen LogP) is 3.23. The number of hydrogen-bond acceptors (Lipinski definition) is 3. The van der Waals surface area contributed by atoms with Crippen molar-refractivity contribution in [3.63, 3.8) is 0 Å². The summed E-state index contributed by atoms with van der Waals surface area (Å²) >= 11 is 3.75. The van der Waals surface area contributed by atoms with Crippen molar-refractivity contribution < 1.29 is 0 Å². The summed E-state index contributed by atoms with van der Waals surface area (Å²) in [6.07, 6.45) is 6.96. The van der Waals surface area contributed by atoms with E-state index >= 15 is 0 Å². The van der Waals surface area contributed by atoms with Gasteiger partial charge in [-0.1, -0.05) is 13.8 Å². The minimum atomic E-state index is 0.417. The van der Waals surface area contributed by atoms with E-state index in [1.54, 1.807) is 0 Å². The van der Waals surface area contributed by atoms with Crippen LogP contribution in [-0.2, 0) is 20.0 Å². The summed E-state index contributed by atoms with van der Waals surface area (Å²) in [5.74, 6) is 0. The topological polar surface area (TPSA) is 47.1 Å². The number of nitrogens with two attached hydrogens (primary N) is 1. The summed E-state index contributed by atoms with van der Waals surface area (Å²) in [6, 6.07) is 1.09. The second-order valence-corrected chi connectivity index (χ2v) is 7.02. The lowest BCUT2D eigenvalue weighted by molar-refractivity contribution is 0.138. The Morgan fingerprint density at radius 3 is 2.48 bits per heavy atom. The smallest absolute Gasteiger partial charge is 0.0767 e. The lowest BCUT2D eigenvalue weighted by Gasteiger charge is -2.36. The maximum atomic E-state index is 6.05. The first kappa shape index (κ1) is 17.0. The van der Waals surface area contributed by atoms with Gasteiger partial charge in [0.2, 0.25) is 0 Å². The molecule has 1 aliphatic carbocycles. The second-order valence-electron chi connectivity index (χ2n) is 6.22. The quantitative estimate of drug-likeness (QED) is 0.850. The van der Waals surface area contributed by atoms with E-state index in [4.69, 9.17) is 5.73 Å². The molecular weight excluding hydrogens is 328 g/mol. The Morgan fingerprint density at radius 2 is 1.95 bits per heavy atom. The van der Waals surface area contributed by atoms with Gasteiger partial charge in [0.25, 0.3) is 0 Å². The zero-order valence-corrected chi connectivity index (χ0v) is 15.2. The fraction of sp³-hybridized carbons (Fsp3) is 0.812. The zero-order valence-electron chi connectivity index (χ0n) is 13.6. The first-order valence-corrected chi connectivity index (χ1v) is 9.05. The number of aryl methyl sites for hydroxylation is 2. The molecule has 0 bridgehead atoms. The molecule has 5 heteroatoms. The van der Waals surface area contributed by atoms with Crippen LogP contribution >= 0.6 is 15.9 Å². The van der Waals surface area contributed by atoms with Crippen LogP contribution in [0.15, 0.2) is 4.47 Å². The lowest BCUT2D eigenvalue weighted by Crippen LogP contribution is -2.41. The Labute approximate surface area is 137 Å². The van der Waals surface area contributed by atoms with E-state index in [0.29, 0.717) is 12.1 Å². The third-order valence-electron chi connectivity index (χ3n) is 4.62. The Hall–Kier alpha value is -0.390. The Balaban J connectivity index is 2.11. The van der Waals surface area contributed by atoms with Gasteiger partial charge in [0.05, 0.1) is 15.9 Å². The van der Waals surface area contributed by atoms with Crippen LogP contribution in [-0.4, -0.2) is 33.3 Å². The molecular formula is C16H29BrN4. The first-order valence-electron chi connectivity index (χ1n) is 8.26. The third-order valence-corrected chi connectivity index (χ3v) is 5.54. The molecule has 2 rings (SSSR count). The summed E-state index contributed by atoms with van der Waals surface area (Å²) in [6.45, 7) is 6.55. The van der Waals surface area contributed by atoms with Crippen LogP contribution in [0.2, 0.25) is 0 Å². The zero-order chi connectivity index (χ0) is 15.4. The monoisotopic (exact) mass is 356 g/mol. The number of hydrogen-bond donors (Lipinski definition) is 1. The molecule has 0 atom stereocenters. The van der Waals surface area contributed by atoms with Gasteiger partial charge >= 0.3 is 0 Å². The molecule has 1 aromatic heterocycles. The van der Waals surface area contributed by atoms with Gasteiger partial charge in [0.15, 0.2) is 0 Å². The third kappa shape index (κ3) is 4.08. The summed E-state index contributed by atoms with van der Waals surface area (Å²) < 4.78 is 3.24. The highest BCUT2D eigenvalue weighted by Crippen LogP contribution is 2.27. The highest BCUT2D eigenvalue weighted by molar-refractivity contribution is 9.10. The molecule has 1 aliphatic rings. The van der Waals surface area contributed by atoms with E-state index in [0.717, 1.165) is 38.0 Å². The van der Waals surface area contributed by atoms with Gasteiger partial charge in [-0.25, -0.2) is 0 Å². The standard InChI is InChI=1S/C16H29BrN4/c1-4-10-21(13-8-6-12(18)7-9-13)11-15-16(17)14(5-2)19-20(15)3/h12-13H,4-11,18H2,1-3H3. The Kier molecular flexibility index (Phi) is 6.26. The molecule has 0 saturated heterocycles. The van der Waals surface area contributed by atoms with E-state index in [1.807, 2.05) is 4.68 Å². The molecule has 4 nitrogen and oxygen atoms in total. The predicted molar refractivity (Wildman–Crippen MR) is 91.2 cm³/mol. The molecule has 1 saturated carbocycles. The Morgan fingerprint density at radius 1 is 1.29 bits per heavy atom. The van der Waals surface area contributed by atoms with E-state index in [9.17, 15) is 0 Å². The molecule has 21 heavy (non-hydrogen) atoms.